The Morgan fingerprint density at radius 1 is 1.07 bits per heavy atom. The molecule has 0 unspecified atom stereocenters. The van der Waals surface area contributed by atoms with E-state index in [1.54, 1.807) is 18.2 Å². The van der Waals surface area contributed by atoms with E-state index in [1.807, 2.05) is 36.4 Å². The van der Waals surface area contributed by atoms with Gasteiger partial charge < -0.3 is 20.8 Å². The normalized spacial score (nSPS) is 11.8. The van der Waals surface area contributed by atoms with Crippen LogP contribution >= 0.6 is 11.6 Å². The number of aromatic nitrogens is 1. The zero-order valence-electron chi connectivity index (χ0n) is 15.7. The number of anilines is 1. The molecule has 0 radical (unpaired) electrons. The number of carboxylic acids is 1. The smallest absolute Gasteiger partial charge is 0.335 e. The maximum Gasteiger partial charge on any atom is 0.335 e. The lowest BCUT2D eigenvalue weighted by Crippen LogP contribution is -2.26. The van der Waals surface area contributed by atoms with Gasteiger partial charge in [0.2, 0.25) is 0 Å². The lowest BCUT2D eigenvalue weighted by atomic mass is 10.1. The van der Waals surface area contributed by atoms with Gasteiger partial charge in [-0.25, -0.2) is 4.79 Å². The van der Waals surface area contributed by atoms with Crippen LogP contribution in [0.25, 0.3) is 11.3 Å². The molecular formula is C22H22ClN3O3. The third-order valence-corrected chi connectivity index (χ3v) is 4.60. The Morgan fingerprint density at radius 2 is 1.90 bits per heavy atom. The molecule has 2 aromatic carbocycles. The molecule has 0 fully saturated rings. The van der Waals surface area contributed by atoms with Crippen LogP contribution in [-0.4, -0.2) is 40.8 Å². The SMILES string of the molecule is O=C(O)c1ccnc(-c2cccc(NCCNC[C@H](O)c3cccc(Cl)c3)c2)c1. The molecule has 6 nitrogen and oxygen atoms in total. The second-order valence-electron chi connectivity index (χ2n) is 6.52. The highest BCUT2D eigenvalue weighted by Gasteiger charge is 2.08. The summed E-state index contributed by atoms with van der Waals surface area (Å²) < 4.78 is 0. The van der Waals surface area contributed by atoms with Crippen molar-refractivity contribution in [3.63, 3.8) is 0 Å². The van der Waals surface area contributed by atoms with Crippen molar-refractivity contribution in [2.24, 2.45) is 0 Å². The first-order chi connectivity index (χ1) is 14.0. The van der Waals surface area contributed by atoms with Gasteiger partial charge >= 0.3 is 5.97 Å². The summed E-state index contributed by atoms with van der Waals surface area (Å²) >= 11 is 5.95. The van der Waals surface area contributed by atoms with Crippen molar-refractivity contribution in [1.82, 2.24) is 10.3 Å². The number of carboxylic acid groups (broad SMARTS) is 1. The van der Waals surface area contributed by atoms with Gasteiger partial charge in [-0.1, -0.05) is 35.9 Å². The van der Waals surface area contributed by atoms with E-state index in [0.29, 0.717) is 30.4 Å². The predicted molar refractivity (Wildman–Crippen MR) is 114 cm³/mol. The Morgan fingerprint density at radius 3 is 2.69 bits per heavy atom. The Balaban J connectivity index is 1.50. The van der Waals surface area contributed by atoms with Crippen molar-refractivity contribution >= 4 is 23.3 Å². The molecule has 1 aromatic heterocycles. The molecule has 0 saturated carbocycles. The van der Waals surface area contributed by atoms with Gasteiger partial charge in [-0.2, -0.15) is 0 Å². The largest absolute Gasteiger partial charge is 0.478 e. The molecule has 150 valence electrons. The van der Waals surface area contributed by atoms with Crippen molar-refractivity contribution in [2.45, 2.75) is 6.10 Å². The molecule has 0 amide bonds. The van der Waals surface area contributed by atoms with Crippen LogP contribution in [0.2, 0.25) is 5.02 Å². The second-order valence-corrected chi connectivity index (χ2v) is 6.95. The van der Waals surface area contributed by atoms with Crippen molar-refractivity contribution in [3.8, 4) is 11.3 Å². The molecule has 7 heteroatoms. The fourth-order valence-corrected chi connectivity index (χ4v) is 3.07. The summed E-state index contributed by atoms with van der Waals surface area (Å²) in [5.41, 5.74) is 3.33. The van der Waals surface area contributed by atoms with E-state index < -0.39 is 12.1 Å². The van der Waals surface area contributed by atoms with E-state index in [2.05, 4.69) is 15.6 Å². The fourth-order valence-electron chi connectivity index (χ4n) is 2.88. The first-order valence-electron chi connectivity index (χ1n) is 9.21. The number of hydrogen-bond acceptors (Lipinski definition) is 5. The van der Waals surface area contributed by atoms with Crippen LogP contribution in [0.1, 0.15) is 22.0 Å². The Bertz CT molecular complexity index is 981. The molecule has 0 spiro atoms. The number of halogens is 1. The molecule has 1 atom stereocenters. The van der Waals surface area contributed by atoms with Crippen LogP contribution in [0.5, 0.6) is 0 Å². The molecule has 0 saturated heterocycles. The Labute approximate surface area is 174 Å². The van der Waals surface area contributed by atoms with Gasteiger partial charge in [0.25, 0.3) is 0 Å². The summed E-state index contributed by atoms with van der Waals surface area (Å²) in [4.78, 5) is 15.4. The number of aromatic carboxylic acids is 1. The van der Waals surface area contributed by atoms with Crippen LogP contribution in [0.3, 0.4) is 0 Å². The number of nitrogens with zero attached hydrogens (tertiary/aromatic N) is 1. The number of aliphatic hydroxyl groups excluding tert-OH is 1. The van der Waals surface area contributed by atoms with Gasteiger partial charge in [-0.3, -0.25) is 4.98 Å². The average molecular weight is 412 g/mol. The van der Waals surface area contributed by atoms with Gasteiger partial charge in [0, 0.05) is 42.1 Å². The number of benzene rings is 2. The number of rotatable bonds is 9. The predicted octanol–water partition coefficient (Wildman–Crippen LogP) is 3.84. The highest BCUT2D eigenvalue weighted by atomic mass is 35.5. The molecule has 0 bridgehead atoms. The van der Waals surface area contributed by atoms with Crippen molar-refractivity contribution in [2.75, 3.05) is 25.0 Å². The average Bonchev–Trinajstić information content (AvgIpc) is 2.73. The van der Waals surface area contributed by atoms with Gasteiger partial charge in [0.05, 0.1) is 17.4 Å². The van der Waals surface area contributed by atoms with Crippen LogP contribution in [0, 0.1) is 0 Å². The lowest BCUT2D eigenvalue weighted by Gasteiger charge is -2.13. The first kappa shape index (κ1) is 20.8. The van der Waals surface area contributed by atoms with Crippen molar-refractivity contribution < 1.29 is 15.0 Å². The highest BCUT2D eigenvalue weighted by Crippen LogP contribution is 2.21. The van der Waals surface area contributed by atoms with E-state index in [0.717, 1.165) is 16.8 Å². The van der Waals surface area contributed by atoms with E-state index in [-0.39, 0.29) is 5.56 Å². The van der Waals surface area contributed by atoms with E-state index in [4.69, 9.17) is 16.7 Å². The summed E-state index contributed by atoms with van der Waals surface area (Å²) in [5, 5.41) is 26.4. The number of pyridine rings is 1. The Hall–Kier alpha value is -2.93. The van der Waals surface area contributed by atoms with E-state index >= 15 is 0 Å². The minimum Gasteiger partial charge on any atom is -0.478 e. The summed E-state index contributed by atoms with van der Waals surface area (Å²) in [6, 6.07) is 17.9. The molecule has 0 aliphatic rings. The van der Waals surface area contributed by atoms with Crippen molar-refractivity contribution in [3.05, 3.63) is 83.0 Å². The topological polar surface area (TPSA) is 94.5 Å². The zero-order chi connectivity index (χ0) is 20.6. The Kier molecular flexibility index (Phi) is 7.19. The number of aliphatic hydroxyl groups is 1. The van der Waals surface area contributed by atoms with Gasteiger partial charge in [-0.05, 0) is 42.0 Å². The van der Waals surface area contributed by atoms with Gasteiger partial charge in [0.15, 0.2) is 0 Å². The first-order valence-corrected chi connectivity index (χ1v) is 9.58. The molecule has 3 aromatic rings. The third kappa shape index (κ3) is 6.02. The van der Waals surface area contributed by atoms with Gasteiger partial charge in [0.1, 0.15) is 0 Å². The summed E-state index contributed by atoms with van der Waals surface area (Å²) in [5.74, 6) is -0.978. The van der Waals surface area contributed by atoms with Gasteiger partial charge in [-0.15, -0.1) is 0 Å². The van der Waals surface area contributed by atoms with Crippen LogP contribution in [0.15, 0.2) is 66.9 Å². The molecule has 1 heterocycles. The molecule has 0 aliphatic carbocycles. The molecular weight excluding hydrogens is 390 g/mol. The summed E-state index contributed by atoms with van der Waals surface area (Å²) in [7, 11) is 0. The summed E-state index contributed by atoms with van der Waals surface area (Å²) in [6.45, 7) is 1.75. The minimum absolute atomic E-state index is 0.204. The standard InChI is InChI=1S/C22H22ClN3O3/c23-18-5-1-4-16(11-18)21(27)14-24-9-10-25-19-6-2-3-15(12-19)20-13-17(22(28)29)7-8-26-20/h1-8,11-13,21,24-25,27H,9-10,14H2,(H,28,29)/t21-/m0/s1. The quantitative estimate of drug-likeness (QED) is 0.400. The second kappa shape index (κ2) is 10.0. The zero-order valence-corrected chi connectivity index (χ0v) is 16.4. The summed E-state index contributed by atoms with van der Waals surface area (Å²) in [6.07, 6.45) is 0.873. The number of hydrogen-bond donors (Lipinski definition) is 4. The number of nitrogens with one attached hydrogen (secondary N) is 2. The molecule has 4 N–H and O–H groups in total. The molecule has 29 heavy (non-hydrogen) atoms. The van der Waals surface area contributed by atoms with Crippen LogP contribution < -0.4 is 10.6 Å². The van der Waals surface area contributed by atoms with E-state index in [9.17, 15) is 9.90 Å². The fraction of sp³-hybridized carbons (Fsp3) is 0.182. The highest BCUT2D eigenvalue weighted by molar-refractivity contribution is 6.30. The maximum absolute atomic E-state index is 11.1. The van der Waals surface area contributed by atoms with Crippen molar-refractivity contribution in [1.29, 1.82) is 0 Å². The lowest BCUT2D eigenvalue weighted by molar-refractivity contribution is 0.0697. The van der Waals surface area contributed by atoms with Crippen LogP contribution in [-0.2, 0) is 0 Å². The number of carbonyl (C=O) groups is 1. The van der Waals surface area contributed by atoms with Crippen LogP contribution in [0.4, 0.5) is 5.69 Å². The third-order valence-electron chi connectivity index (χ3n) is 4.37. The maximum atomic E-state index is 11.1. The monoisotopic (exact) mass is 411 g/mol. The minimum atomic E-state index is -0.978. The molecule has 3 rings (SSSR count). The molecule has 0 aliphatic heterocycles. The van der Waals surface area contributed by atoms with E-state index in [1.165, 1.54) is 12.3 Å².